The second-order valence-corrected chi connectivity index (χ2v) is 7.75. The molecule has 1 amide bonds. The van der Waals surface area contributed by atoms with Crippen molar-refractivity contribution in [1.82, 2.24) is 19.9 Å². The number of aromatic amines is 1. The highest BCUT2D eigenvalue weighted by molar-refractivity contribution is 6.31. The molecule has 4 rings (SSSR count). The van der Waals surface area contributed by atoms with E-state index in [1.165, 1.54) is 4.52 Å². The third-order valence-corrected chi connectivity index (χ3v) is 5.40. The summed E-state index contributed by atoms with van der Waals surface area (Å²) >= 11 is 6.22. The molecule has 1 fully saturated rings. The lowest BCUT2D eigenvalue weighted by atomic mass is 10.1. The molecular weight excluding hydrogens is 380 g/mol. The van der Waals surface area contributed by atoms with Crippen molar-refractivity contribution in [1.29, 1.82) is 0 Å². The molecule has 3 aromatic rings. The first-order valence-electron chi connectivity index (χ1n) is 9.23. The van der Waals surface area contributed by atoms with Gasteiger partial charge in [-0.1, -0.05) is 23.7 Å². The highest BCUT2D eigenvalue weighted by atomic mass is 35.5. The van der Waals surface area contributed by atoms with Gasteiger partial charge in [0.1, 0.15) is 5.52 Å². The molecule has 1 aliphatic rings. The van der Waals surface area contributed by atoms with Crippen molar-refractivity contribution >= 4 is 23.0 Å². The molecule has 0 aliphatic heterocycles. The van der Waals surface area contributed by atoms with E-state index in [2.05, 4.69) is 15.4 Å². The summed E-state index contributed by atoms with van der Waals surface area (Å²) in [7, 11) is 0. The Bertz CT molecular complexity index is 1130. The number of benzene rings is 1. The Morgan fingerprint density at radius 3 is 2.86 bits per heavy atom. The Kier molecular flexibility index (Phi) is 4.72. The molecule has 1 saturated carbocycles. The van der Waals surface area contributed by atoms with Gasteiger partial charge in [0.25, 0.3) is 11.5 Å². The molecule has 7 nitrogen and oxygen atoms in total. The standard InChI is InChI=1S/C20H21ClN4O3/c1-10-3-4-13(7-14(10)21)15-8-25-18(20(28)23-15)16(12-5-6-12)17(24-25)19(27)22-11(2)9-26/h3-4,7-8,11-12,26H,5-6,9H2,1-2H3,(H,22,27)(H,23,28)/t11-/m1/s1. The number of nitrogens with one attached hydrogen (secondary N) is 2. The number of carbonyl (C=O) groups excluding carboxylic acids is 1. The Labute approximate surface area is 166 Å². The number of halogens is 1. The van der Waals surface area contributed by atoms with Crippen molar-refractivity contribution in [3.63, 3.8) is 0 Å². The minimum Gasteiger partial charge on any atom is -0.394 e. The quantitative estimate of drug-likeness (QED) is 0.613. The molecule has 28 heavy (non-hydrogen) atoms. The molecule has 1 aliphatic carbocycles. The van der Waals surface area contributed by atoms with Crippen LogP contribution in [0.3, 0.4) is 0 Å². The first-order chi connectivity index (χ1) is 13.4. The number of hydrogen-bond donors (Lipinski definition) is 3. The fourth-order valence-corrected chi connectivity index (χ4v) is 3.45. The van der Waals surface area contributed by atoms with Gasteiger partial charge in [0.15, 0.2) is 5.69 Å². The minimum absolute atomic E-state index is 0.156. The molecule has 2 heterocycles. The number of aliphatic hydroxyl groups is 1. The van der Waals surface area contributed by atoms with Crippen molar-refractivity contribution in [2.24, 2.45) is 0 Å². The fourth-order valence-electron chi connectivity index (χ4n) is 3.27. The van der Waals surface area contributed by atoms with Crippen LogP contribution in [0.15, 0.2) is 29.2 Å². The number of fused-ring (bicyclic) bond motifs is 1. The SMILES string of the molecule is Cc1ccc(-c2cn3nc(C(=O)N[C@H](C)CO)c(C4CC4)c3c(=O)[nH]2)cc1Cl. The van der Waals surface area contributed by atoms with Crippen LogP contribution in [0.1, 0.15) is 47.3 Å². The fraction of sp³-hybridized carbons (Fsp3) is 0.350. The van der Waals surface area contributed by atoms with Crippen molar-refractivity contribution in [3.8, 4) is 11.3 Å². The third kappa shape index (κ3) is 3.31. The molecule has 2 aromatic heterocycles. The number of H-pyrrole nitrogens is 1. The van der Waals surface area contributed by atoms with Crippen molar-refractivity contribution in [2.45, 2.75) is 38.6 Å². The lowest BCUT2D eigenvalue weighted by Gasteiger charge is -2.09. The number of nitrogens with zero attached hydrogens (tertiary/aromatic N) is 2. The predicted octanol–water partition coefficient (Wildman–Crippen LogP) is 2.64. The van der Waals surface area contributed by atoms with E-state index < -0.39 is 6.04 Å². The summed E-state index contributed by atoms with van der Waals surface area (Å²) in [5.74, 6) is -0.227. The van der Waals surface area contributed by atoms with Crippen LogP contribution in [0, 0.1) is 6.92 Å². The molecule has 0 unspecified atom stereocenters. The van der Waals surface area contributed by atoms with Crippen LogP contribution in [0.25, 0.3) is 16.8 Å². The van der Waals surface area contributed by atoms with E-state index in [0.717, 1.165) is 24.0 Å². The first-order valence-corrected chi connectivity index (χ1v) is 9.60. The highest BCUT2D eigenvalue weighted by Gasteiger charge is 2.34. The Morgan fingerprint density at radius 1 is 1.46 bits per heavy atom. The first kappa shape index (κ1) is 18.7. The summed E-state index contributed by atoms with van der Waals surface area (Å²) in [5.41, 5.74) is 3.30. The Balaban J connectivity index is 1.85. The smallest absolute Gasteiger partial charge is 0.274 e. The summed E-state index contributed by atoms with van der Waals surface area (Å²) in [5, 5.41) is 16.9. The summed E-state index contributed by atoms with van der Waals surface area (Å²) < 4.78 is 1.48. The van der Waals surface area contributed by atoms with Gasteiger partial charge in [0.05, 0.1) is 18.5 Å². The molecule has 0 spiro atoms. The van der Waals surface area contributed by atoms with Crippen LogP contribution in [0.2, 0.25) is 5.02 Å². The van der Waals surface area contributed by atoms with Gasteiger partial charge in [-0.2, -0.15) is 5.10 Å². The molecule has 146 valence electrons. The number of amides is 1. The van der Waals surface area contributed by atoms with Gasteiger partial charge in [0.2, 0.25) is 0 Å². The minimum atomic E-state index is -0.395. The van der Waals surface area contributed by atoms with E-state index in [1.807, 2.05) is 19.1 Å². The molecule has 0 bridgehead atoms. The van der Waals surface area contributed by atoms with Crippen molar-refractivity contribution in [2.75, 3.05) is 6.61 Å². The monoisotopic (exact) mass is 400 g/mol. The summed E-state index contributed by atoms with van der Waals surface area (Å²) in [6, 6.07) is 5.15. The molecule has 3 N–H and O–H groups in total. The zero-order valence-corrected chi connectivity index (χ0v) is 16.4. The largest absolute Gasteiger partial charge is 0.394 e. The topological polar surface area (TPSA) is 99.5 Å². The lowest BCUT2D eigenvalue weighted by Crippen LogP contribution is -2.35. The van der Waals surface area contributed by atoms with Gasteiger partial charge in [-0.15, -0.1) is 0 Å². The molecule has 8 heteroatoms. The summed E-state index contributed by atoms with van der Waals surface area (Å²) in [6.45, 7) is 3.44. The maximum Gasteiger partial charge on any atom is 0.274 e. The molecule has 0 saturated heterocycles. The van der Waals surface area contributed by atoms with E-state index in [-0.39, 0.29) is 29.7 Å². The van der Waals surface area contributed by atoms with Crippen LogP contribution in [-0.4, -0.2) is 38.3 Å². The van der Waals surface area contributed by atoms with E-state index in [0.29, 0.717) is 21.8 Å². The number of hydrogen-bond acceptors (Lipinski definition) is 4. The van der Waals surface area contributed by atoms with Crippen LogP contribution in [0.4, 0.5) is 0 Å². The van der Waals surface area contributed by atoms with Gasteiger partial charge < -0.3 is 15.4 Å². The second kappa shape index (κ2) is 7.07. The normalized spacial score (nSPS) is 15.0. The highest BCUT2D eigenvalue weighted by Crippen LogP contribution is 2.43. The number of aryl methyl sites for hydroxylation is 1. The van der Waals surface area contributed by atoms with Crippen LogP contribution in [-0.2, 0) is 0 Å². The third-order valence-electron chi connectivity index (χ3n) is 5.00. The predicted molar refractivity (Wildman–Crippen MR) is 107 cm³/mol. The zero-order valence-electron chi connectivity index (χ0n) is 15.6. The number of aromatic nitrogens is 3. The molecular formula is C20H21ClN4O3. The Morgan fingerprint density at radius 2 is 2.21 bits per heavy atom. The number of carbonyl (C=O) groups is 1. The number of rotatable bonds is 5. The zero-order chi connectivity index (χ0) is 20.0. The molecule has 0 radical (unpaired) electrons. The average molecular weight is 401 g/mol. The van der Waals surface area contributed by atoms with Crippen LogP contribution in [0.5, 0.6) is 0 Å². The van der Waals surface area contributed by atoms with E-state index in [1.54, 1.807) is 19.2 Å². The molecule has 1 atom stereocenters. The van der Waals surface area contributed by atoms with Crippen LogP contribution < -0.4 is 10.9 Å². The van der Waals surface area contributed by atoms with Gasteiger partial charge in [-0.3, -0.25) is 9.59 Å². The van der Waals surface area contributed by atoms with Gasteiger partial charge in [-0.05, 0) is 44.2 Å². The summed E-state index contributed by atoms with van der Waals surface area (Å²) in [6.07, 6.45) is 3.55. The van der Waals surface area contributed by atoms with Gasteiger partial charge in [-0.25, -0.2) is 4.52 Å². The van der Waals surface area contributed by atoms with E-state index in [9.17, 15) is 14.7 Å². The van der Waals surface area contributed by atoms with Crippen molar-refractivity contribution in [3.05, 3.63) is 56.6 Å². The average Bonchev–Trinajstić information content (AvgIpc) is 3.43. The van der Waals surface area contributed by atoms with Gasteiger partial charge in [0, 0.05) is 22.2 Å². The lowest BCUT2D eigenvalue weighted by molar-refractivity contribution is 0.0916. The van der Waals surface area contributed by atoms with Gasteiger partial charge >= 0.3 is 0 Å². The van der Waals surface area contributed by atoms with E-state index in [4.69, 9.17) is 11.6 Å². The maximum absolute atomic E-state index is 12.9. The Hall–Kier alpha value is -2.64. The number of aliphatic hydroxyl groups excluding tert-OH is 1. The maximum atomic E-state index is 12.9. The van der Waals surface area contributed by atoms with Crippen LogP contribution >= 0.6 is 11.6 Å². The molecule has 1 aromatic carbocycles. The summed E-state index contributed by atoms with van der Waals surface area (Å²) in [4.78, 5) is 28.4. The second-order valence-electron chi connectivity index (χ2n) is 7.35. The van der Waals surface area contributed by atoms with Crippen molar-refractivity contribution < 1.29 is 9.90 Å². The van der Waals surface area contributed by atoms with E-state index >= 15 is 0 Å².